The van der Waals surface area contributed by atoms with E-state index in [1.54, 1.807) is 6.92 Å². The number of hydrogen-bond acceptors (Lipinski definition) is 4. The molecule has 0 aliphatic carbocycles. The molecule has 1 fully saturated rings. The van der Waals surface area contributed by atoms with E-state index in [1.807, 2.05) is 0 Å². The minimum atomic E-state index is -0.456. The topological polar surface area (TPSA) is 52.6 Å². The number of hydrogen-bond donors (Lipinski definition) is 0. The Morgan fingerprint density at radius 3 is 2.92 bits per heavy atom. The average molecular weight is 170 g/mol. The van der Waals surface area contributed by atoms with Crippen molar-refractivity contribution in [3.05, 3.63) is 11.8 Å². The molecule has 0 saturated carbocycles. The molecular formula is C8H10O4. The van der Waals surface area contributed by atoms with Crippen LogP contribution < -0.4 is 0 Å². The highest BCUT2D eigenvalue weighted by atomic mass is 16.6. The molecule has 0 atom stereocenters. The highest BCUT2D eigenvalue weighted by molar-refractivity contribution is 5.84. The van der Waals surface area contributed by atoms with E-state index >= 15 is 0 Å². The van der Waals surface area contributed by atoms with Gasteiger partial charge in [-0.05, 0) is 6.92 Å². The van der Waals surface area contributed by atoms with E-state index in [9.17, 15) is 9.59 Å². The molecule has 0 N–H and O–H groups in total. The van der Waals surface area contributed by atoms with Crippen molar-refractivity contribution in [3.63, 3.8) is 0 Å². The molecule has 1 rings (SSSR count). The lowest BCUT2D eigenvalue weighted by atomic mass is 10.3. The van der Waals surface area contributed by atoms with Gasteiger partial charge in [-0.15, -0.1) is 0 Å². The van der Waals surface area contributed by atoms with Crippen LogP contribution in [0.15, 0.2) is 11.8 Å². The molecule has 66 valence electrons. The number of esters is 2. The van der Waals surface area contributed by atoms with Gasteiger partial charge in [0.25, 0.3) is 0 Å². The molecule has 12 heavy (non-hydrogen) atoms. The minimum Gasteiger partial charge on any atom is -0.463 e. The van der Waals surface area contributed by atoms with Crippen LogP contribution in [-0.4, -0.2) is 18.5 Å². The molecule has 1 heterocycles. The maximum Gasteiger partial charge on any atom is 0.334 e. The maximum absolute atomic E-state index is 10.8. The zero-order valence-corrected chi connectivity index (χ0v) is 6.83. The van der Waals surface area contributed by atoms with Crippen molar-refractivity contribution < 1.29 is 19.1 Å². The molecule has 1 saturated heterocycles. The van der Waals surface area contributed by atoms with E-state index < -0.39 is 5.97 Å². The number of carbonyl (C=O) groups is 2. The normalized spacial score (nSPS) is 19.4. The number of allylic oxidation sites excluding steroid dienone is 1. The maximum atomic E-state index is 10.8. The zero-order valence-electron chi connectivity index (χ0n) is 6.83. The molecule has 1 aliphatic rings. The fourth-order valence-electron chi connectivity index (χ4n) is 0.891. The molecule has 4 heteroatoms. The highest BCUT2D eigenvalue weighted by Gasteiger charge is 2.18. The summed E-state index contributed by atoms with van der Waals surface area (Å²) in [6.07, 6.45) is 2.07. The molecule has 0 aromatic rings. The Hall–Kier alpha value is -1.32. The summed E-state index contributed by atoms with van der Waals surface area (Å²) in [6, 6.07) is 0. The van der Waals surface area contributed by atoms with Gasteiger partial charge in [-0.2, -0.15) is 0 Å². The summed E-state index contributed by atoms with van der Waals surface area (Å²) in [5.41, 5.74) is 0. The molecule has 1 aliphatic heterocycles. The SMILES string of the molecule is CCOC(=O)/C=C1\CCC(=O)O1. The second-order valence-corrected chi connectivity index (χ2v) is 2.34. The first-order valence-electron chi connectivity index (χ1n) is 3.80. The Balaban J connectivity index is 2.46. The van der Waals surface area contributed by atoms with Gasteiger partial charge in [0.05, 0.1) is 19.1 Å². The van der Waals surface area contributed by atoms with Gasteiger partial charge in [-0.1, -0.05) is 0 Å². The largest absolute Gasteiger partial charge is 0.463 e. The van der Waals surface area contributed by atoms with Crippen molar-refractivity contribution in [2.45, 2.75) is 19.8 Å². The number of rotatable bonds is 2. The predicted molar refractivity (Wildman–Crippen MR) is 40.0 cm³/mol. The standard InChI is InChI=1S/C8H10O4/c1-2-11-8(10)5-6-3-4-7(9)12-6/h5H,2-4H2,1H3/b6-5+. The summed E-state index contributed by atoms with van der Waals surface area (Å²) in [6.45, 7) is 2.05. The lowest BCUT2D eigenvalue weighted by Gasteiger charge is -1.96. The van der Waals surface area contributed by atoms with Crippen molar-refractivity contribution in [1.29, 1.82) is 0 Å². The van der Waals surface area contributed by atoms with Crippen LogP contribution in [0.25, 0.3) is 0 Å². The lowest BCUT2D eigenvalue weighted by Crippen LogP contribution is -2.01. The van der Waals surface area contributed by atoms with Crippen LogP contribution in [0.4, 0.5) is 0 Å². The van der Waals surface area contributed by atoms with E-state index in [-0.39, 0.29) is 5.97 Å². The molecule has 0 spiro atoms. The fourth-order valence-corrected chi connectivity index (χ4v) is 0.891. The zero-order chi connectivity index (χ0) is 8.97. The van der Waals surface area contributed by atoms with E-state index in [0.717, 1.165) is 0 Å². The summed E-state index contributed by atoms with van der Waals surface area (Å²) < 4.78 is 9.33. The molecule has 0 aromatic heterocycles. The Morgan fingerprint density at radius 1 is 1.67 bits per heavy atom. The molecular weight excluding hydrogens is 160 g/mol. The van der Waals surface area contributed by atoms with Gasteiger partial charge in [-0.25, -0.2) is 4.79 Å². The van der Waals surface area contributed by atoms with Crippen molar-refractivity contribution in [2.75, 3.05) is 6.61 Å². The summed E-state index contributed by atoms with van der Waals surface area (Å²) >= 11 is 0. The van der Waals surface area contributed by atoms with Gasteiger partial charge in [0.15, 0.2) is 0 Å². The van der Waals surface area contributed by atoms with Crippen LogP contribution in [0.2, 0.25) is 0 Å². The molecule has 0 bridgehead atoms. The predicted octanol–water partition coefficient (Wildman–Crippen LogP) is 0.770. The van der Waals surface area contributed by atoms with Crippen LogP contribution in [0.5, 0.6) is 0 Å². The fraction of sp³-hybridized carbons (Fsp3) is 0.500. The van der Waals surface area contributed by atoms with Gasteiger partial charge in [0.1, 0.15) is 5.76 Å². The second kappa shape index (κ2) is 3.90. The molecule has 0 aromatic carbocycles. The Labute approximate surface area is 70.1 Å². The van der Waals surface area contributed by atoms with Gasteiger partial charge >= 0.3 is 11.9 Å². The first-order chi connectivity index (χ1) is 5.72. The minimum absolute atomic E-state index is 0.287. The van der Waals surface area contributed by atoms with Crippen molar-refractivity contribution in [1.82, 2.24) is 0 Å². The van der Waals surface area contributed by atoms with E-state index in [4.69, 9.17) is 4.74 Å². The summed E-state index contributed by atoms with van der Waals surface area (Å²) in [5.74, 6) is -0.341. The Morgan fingerprint density at radius 2 is 2.42 bits per heavy atom. The van der Waals surface area contributed by atoms with Crippen LogP contribution in [0.1, 0.15) is 19.8 Å². The van der Waals surface area contributed by atoms with Crippen LogP contribution in [0.3, 0.4) is 0 Å². The van der Waals surface area contributed by atoms with Crippen molar-refractivity contribution in [3.8, 4) is 0 Å². The van der Waals surface area contributed by atoms with E-state index in [1.165, 1.54) is 6.08 Å². The monoisotopic (exact) mass is 170 g/mol. The third-order valence-electron chi connectivity index (χ3n) is 1.39. The number of ether oxygens (including phenoxy) is 2. The summed E-state index contributed by atoms with van der Waals surface area (Å²) in [4.78, 5) is 21.4. The van der Waals surface area contributed by atoms with E-state index in [2.05, 4.69) is 4.74 Å². The molecule has 0 unspecified atom stereocenters. The Bertz CT molecular complexity index is 229. The quantitative estimate of drug-likeness (QED) is 0.453. The first-order valence-corrected chi connectivity index (χ1v) is 3.80. The van der Waals surface area contributed by atoms with Crippen LogP contribution >= 0.6 is 0 Å². The third kappa shape index (κ3) is 2.38. The van der Waals surface area contributed by atoms with Gasteiger partial charge in [0, 0.05) is 6.42 Å². The van der Waals surface area contributed by atoms with Gasteiger partial charge in [0.2, 0.25) is 0 Å². The average Bonchev–Trinajstić information content (AvgIpc) is 2.36. The lowest BCUT2D eigenvalue weighted by molar-refractivity contribution is -0.137. The molecule has 4 nitrogen and oxygen atoms in total. The van der Waals surface area contributed by atoms with Crippen LogP contribution in [0, 0.1) is 0 Å². The highest BCUT2D eigenvalue weighted by Crippen LogP contribution is 2.16. The molecule has 0 radical (unpaired) electrons. The Kier molecular flexibility index (Phi) is 2.85. The van der Waals surface area contributed by atoms with E-state index in [0.29, 0.717) is 25.2 Å². The van der Waals surface area contributed by atoms with Gasteiger partial charge in [-0.3, -0.25) is 4.79 Å². The summed E-state index contributed by atoms with van der Waals surface area (Å²) in [5, 5.41) is 0. The van der Waals surface area contributed by atoms with Crippen LogP contribution in [-0.2, 0) is 19.1 Å². The van der Waals surface area contributed by atoms with Gasteiger partial charge < -0.3 is 9.47 Å². The first kappa shape index (κ1) is 8.77. The second-order valence-electron chi connectivity index (χ2n) is 2.34. The third-order valence-corrected chi connectivity index (χ3v) is 1.39. The van der Waals surface area contributed by atoms with Crippen molar-refractivity contribution >= 4 is 11.9 Å². The molecule has 0 amide bonds. The summed E-state index contributed by atoms with van der Waals surface area (Å²) in [7, 11) is 0. The van der Waals surface area contributed by atoms with Crippen molar-refractivity contribution in [2.24, 2.45) is 0 Å². The smallest absolute Gasteiger partial charge is 0.334 e. The number of carbonyl (C=O) groups excluding carboxylic acids is 2. The number of cyclic esters (lactones) is 1.